The minimum atomic E-state index is 0.0942. The van der Waals surface area contributed by atoms with Crippen molar-refractivity contribution < 1.29 is 4.79 Å². The minimum absolute atomic E-state index is 0.0942. The fourth-order valence-corrected chi connectivity index (χ4v) is 2.97. The maximum atomic E-state index is 12.1. The van der Waals surface area contributed by atoms with Gasteiger partial charge < -0.3 is 10.6 Å². The summed E-state index contributed by atoms with van der Waals surface area (Å²) < 4.78 is 0. The Bertz CT molecular complexity index is 438. The summed E-state index contributed by atoms with van der Waals surface area (Å²) in [6.45, 7) is 6.36. The molecule has 1 atom stereocenters. The monoisotopic (exact) mass is 274 g/mol. The Morgan fingerprint density at radius 1 is 1.35 bits per heavy atom. The van der Waals surface area contributed by atoms with E-state index in [2.05, 4.69) is 36.6 Å². The smallest absolute Gasteiger partial charge is 0.220 e. The van der Waals surface area contributed by atoms with Gasteiger partial charge in [-0.05, 0) is 63.2 Å². The molecular weight excluding hydrogens is 248 g/mol. The molecule has 1 aliphatic rings. The molecule has 0 spiro atoms. The third kappa shape index (κ3) is 4.34. The van der Waals surface area contributed by atoms with Crippen molar-refractivity contribution in [3.8, 4) is 0 Å². The van der Waals surface area contributed by atoms with Gasteiger partial charge in [0.25, 0.3) is 0 Å². The third-order valence-electron chi connectivity index (χ3n) is 4.27. The van der Waals surface area contributed by atoms with Gasteiger partial charge in [0, 0.05) is 6.42 Å². The molecule has 1 unspecified atom stereocenters. The number of piperidine rings is 1. The van der Waals surface area contributed by atoms with E-state index in [1.165, 1.54) is 24.0 Å². The van der Waals surface area contributed by atoms with Crippen molar-refractivity contribution in [1.82, 2.24) is 10.6 Å². The normalized spacial score (nSPS) is 17.7. The van der Waals surface area contributed by atoms with E-state index in [0.29, 0.717) is 6.42 Å². The Labute approximate surface area is 122 Å². The molecule has 1 amide bonds. The minimum Gasteiger partial charge on any atom is -0.350 e. The maximum Gasteiger partial charge on any atom is 0.220 e. The van der Waals surface area contributed by atoms with Gasteiger partial charge in [-0.1, -0.05) is 24.3 Å². The zero-order chi connectivity index (χ0) is 14.4. The van der Waals surface area contributed by atoms with Crippen LogP contribution in [0.2, 0.25) is 0 Å². The molecule has 3 nitrogen and oxygen atoms in total. The molecule has 1 heterocycles. The van der Waals surface area contributed by atoms with E-state index in [-0.39, 0.29) is 11.9 Å². The second-order valence-electron chi connectivity index (χ2n) is 5.88. The van der Waals surface area contributed by atoms with E-state index in [1.54, 1.807) is 0 Å². The lowest BCUT2D eigenvalue weighted by Crippen LogP contribution is -2.30. The highest BCUT2D eigenvalue weighted by atomic mass is 16.1. The Balaban J connectivity index is 1.77. The van der Waals surface area contributed by atoms with Gasteiger partial charge >= 0.3 is 0 Å². The van der Waals surface area contributed by atoms with E-state index in [4.69, 9.17) is 0 Å². The molecule has 1 aromatic carbocycles. The van der Waals surface area contributed by atoms with E-state index >= 15 is 0 Å². The number of aryl methyl sites for hydroxylation is 1. The van der Waals surface area contributed by atoms with Crippen molar-refractivity contribution in [2.24, 2.45) is 5.92 Å². The number of carbonyl (C=O) groups excluding carboxylic acids is 1. The summed E-state index contributed by atoms with van der Waals surface area (Å²) in [5.74, 6) is 0.898. The second-order valence-corrected chi connectivity index (χ2v) is 5.88. The Hall–Kier alpha value is -1.35. The highest BCUT2D eigenvalue weighted by Gasteiger charge is 2.16. The second kappa shape index (κ2) is 7.44. The standard InChI is InChI=1S/C17H26N2O/c1-13-5-3-4-6-16(13)14(2)19-17(20)8-7-15-9-11-18-12-10-15/h3-6,14-15,18H,7-12H2,1-2H3,(H,19,20). The Morgan fingerprint density at radius 3 is 2.75 bits per heavy atom. The van der Waals surface area contributed by atoms with E-state index in [1.807, 2.05) is 12.1 Å². The number of nitrogens with one attached hydrogen (secondary N) is 2. The molecular formula is C17H26N2O. The molecule has 0 saturated carbocycles. The first-order chi connectivity index (χ1) is 9.66. The molecule has 1 saturated heterocycles. The number of carbonyl (C=O) groups is 1. The zero-order valence-electron chi connectivity index (χ0n) is 12.6. The molecule has 1 aliphatic heterocycles. The average Bonchev–Trinajstić information content (AvgIpc) is 2.46. The van der Waals surface area contributed by atoms with Gasteiger partial charge in [-0.15, -0.1) is 0 Å². The fraction of sp³-hybridized carbons (Fsp3) is 0.588. The Kier molecular flexibility index (Phi) is 5.60. The van der Waals surface area contributed by atoms with Crippen LogP contribution in [0.25, 0.3) is 0 Å². The predicted molar refractivity (Wildman–Crippen MR) is 82.6 cm³/mol. The molecule has 0 aromatic heterocycles. The van der Waals surface area contributed by atoms with Gasteiger partial charge in [0.1, 0.15) is 0 Å². The van der Waals surface area contributed by atoms with Gasteiger partial charge in [-0.2, -0.15) is 0 Å². The van der Waals surface area contributed by atoms with Crippen LogP contribution in [0.3, 0.4) is 0 Å². The van der Waals surface area contributed by atoms with Gasteiger partial charge in [-0.25, -0.2) is 0 Å². The summed E-state index contributed by atoms with van der Waals surface area (Å²) in [5, 5.41) is 6.48. The number of hydrogen-bond acceptors (Lipinski definition) is 2. The summed E-state index contributed by atoms with van der Waals surface area (Å²) in [4.78, 5) is 12.1. The lowest BCUT2D eigenvalue weighted by molar-refractivity contribution is -0.122. The molecule has 0 bridgehead atoms. The lowest BCUT2D eigenvalue weighted by atomic mass is 9.93. The van der Waals surface area contributed by atoms with Crippen molar-refractivity contribution in [3.63, 3.8) is 0 Å². The van der Waals surface area contributed by atoms with Crippen molar-refractivity contribution in [3.05, 3.63) is 35.4 Å². The molecule has 0 radical (unpaired) electrons. The van der Waals surface area contributed by atoms with Crippen LogP contribution in [-0.4, -0.2) is 19.0 Å². The van der Waals surface area contributed by atoms with Gasteiger partial charge in [0.05, 0.1) is 6.04 Å². The summed E-state index contributed by atoms with van der Waals surface area (Å²) in [6, 6.07) is 8.33. The van der Waals surface area contributed by atoms with Crippen molar-refractivity contribution in [1.29, 1.82) is 0 Å². The number of rotatable bonds is 5. The highest BCUT2D eigenvalue weighted by Crippen LogP contribution is 2.19. The van der Waals surface area contributed by atoms with Crippen LogP contribution in [0.15, 0.2) is 24.3 Å². The van der Waals surface area contributed by atoms with Gasteiger partial charge in [0.15, 0.2) is 0 Å². The maximum absolute atomic E-state index is 12.1. The van der Waals surface area contributed by atoms with E-state index in [0.717, 1.165) is 25.4 Å². The number of benzene rings is 1. The van der Waals surface area contributed by atoms with E-state index < -0.39 is 0 Å². The summed E-state index contributed by atoms with van der Waals surface area (Å²) >= 11 is 0. The number of hydrogen-bond donors (Lipinski definition) is 2. The SMILES string of the molecule is Cc1ccccc1C(C)NC(=O)CCC1CCNCC1. The molecule has 2 rings (SSSR count). The van der Waals surface area contributed by atoms with Crippen LogP contribution in [0, 0.1) is 12.8 Å². The highest BCUT2D eigenvalue weighted by molar-refractivity contribution is 5.76. The predicted octanol–water partition coefficient (Wildman–Crippen LogP) is 2.95. The first-order valence-corrected chi connectivity index (χ1v) is 7.72. The van der Waals surface area contributed by atoms with Crippen LogP contribution >= 0.6 is 0 Å². The summed E-state index contributed by atoms with van der Waals surface area (Å²) in [6.07, 6.45) is 4.09. The van der Waals surface area contributed by atoms with Crippen molar-refractivity contribution in [2.75, 3.05) is 13.1 Å². The summed E-state index contributed by atoms with van der Waals surface area (Å²) in [5.41, 5.74) is 2.45. The number of amides is 1. The largest absolute Gasteiger partial charge is 0.350 e. The quantitative estimate of drug-likeness (QED) is 0.866. The molecule has 110 valence electrons. The molecule has 2 N–H and O–H groups in total. The van der Waals surface area contributed by atoms with Crippen LogP contribution in [0.4, 0.5) is 0 Å². The lowest BCUT2D eigenvalue weighted by Gasteiger charge is -2.22. The van der Waals surface area contributed by atoms with Crippen molar-refractivity contribution >= 4 is 5.91 Å². The first kappa shape index (κ1) is 15.0. The molecule has 0 aliphatic carbocycles. The zero-order valence-corrected chi connectivity index (χ0v) is 12.6. The van der Waals surface area contributed by atoms with Gasteiger partial charge in [-0.3, -0.25) is 4.79 Å². The van der Waals surface area contributed by atoms with Gasteiger partial charge in [0.2, 0.25) is 5.91 Å². The third-order valence-corrected chi connectivity index (χ3v) is 4.27. The topological polar surface area (TPSA) is 41.1 Å². The van der Waals surface area contributed by atoms with Crippen LogP contribution in [0.5, 0.6) is 0 Å². The first-order valence-electron chi connectivity index (χ1n) is 7.72. The van der Waals surface area contributed by atoms with Crippen LogP contribution in [0.1, 0.15) is 49.8 Å². The average molecular weight is 274 g/mol. The molecule has 3 heteroatoms. The molecule has 20 heavy (non-hydrogen) atoms. The van der Waals surface area contributed by atoms with Crippen LogP contribution in [-0.2, 0) is 4.79 Å². The Morgan fingerprint density at radius 2 is 2.05 bits per heavy atom. The molecule has 1 fully saturated rings. The van der Waals surface area contributed by atoms with Crippen LogP contribution < -0.4 is 10.6 Å². The fourth-order valence-electron chi connectivity index (χ4n) is 2.97. The molecule has 1 aromatic rings. The van der Waals surface area contributed by atoms with Crippen molar-refractivity contribution in [2.45, 2.75) is 45.6 Å². The summed E-state index contributed by atoms with van der Waals surface area (Å²) in [7, 11) is 0. The van der Waals surface area contributed by atoms with E-state index in [9.17, 15) is 4.79 Å².